The molecule has 2 aromatic rings. The third-order valence-electron chi connectivity index (χ3n) is 4.95. The molecular weight excluding hydrogens is 456 g/mol. The van der Waals surface area contributed by atoms with Gasteiger partial charge in [-0.1, -0.05) is 35.0 Å². The number of aliphatic hydroxyl groups is 1. The summed E-state index contributed by atoms with van der Waals surface area (Å²) in [6.07, 6.45) is 0.543. The Labute approximate surface area is 180 Å². The number of aromatic hydroxyl groups is 1. The van der Waals surface area contributed by atoms with E-state index in [9.17, 15) is 29.9 Å². The molecule has 2 N–H and O–H groups in total. The van der Waals surface area contributed by atoms with E-state index < -0.39 is 34.1 Å². The number of halogens is 1. The van der Waals surface area contributed by atoms with Gasteiger partial charge in [0.1, 0.15) is 5.76 Å². The number of phenolic OH excluding ortho intramolecular Hbond substituents is 1. The molecule has 3 rings (SSSR count). The number of Topliss-reactive ketones (excluding diaryl/α,β-unsaturated/α-hetero) is 1. The number of carbonyl (C=O) groups excluding carboxylic acids is 2. The summed E-state index contributed by atoms with van der Waals surface area (Å²) in [5.41, 5.74) is 0.730. The minimum atomic E-state index is -1.01. The molecule has 0 radical (unpaired) electrons. The largest absolute Gasteiger partial charge is 0.507 e. The number of hydrogen-bond acceptors (Lipinski definition) is 6. The highest BCUT2D eigenvalue weighted by Gasteiger charge is 2.46. The Morgan fingerprint density at radius 2 is 1.93 bits per heavy atom. The summed E-state index contributed by atoms with van der Waals surface area (Å²) in [4.78, 5) is 37.3. The normalized spacial score (nSPS) is 18.1. The van der Waals surface area contributed by atoms with Crippen LogP contribution in [0.3, 0.4) is 0 Å². The van der Waals surface area contributed by atoms with Crippen LogP contribution >= 0.6 is 15.9 Å². The van der Waals surface area contributed by atoms with Crippen molar-refractivity contribution in [3.63, 3.8) is 0 Å². The second-order valence-electron chi connectivity index (χ2n) is 6.96. The molecule has 1 heterocycles. The lowest BCUT2D eigenvalue weighted by Gasteiger charge is -2.24. The summed E-state index contributed by atoms with van der Waals surface area (Å²) in [6, 6.07) is 7.65. The summed E-state index contributed by atoms with van der Waals surface area (Å²) in [6.45, 7) is 3.87. The van der Waals surface area contributed by atoms with Gasteiger partial charge in [-0.3, -0.25) is 19.7 Å². The molecule has 1 fully saturated rings. The molecule has 1 saturated heterocycles. The molecular formula is C21H19BrN2O6. The molecule has 0 saturated carbocycles. The Morgan fingerprint density at radius 3 is 2.53 bits per heavy atom. The summed E-state index contributed by atoms with van der Waals surface area (Å²) < 4.78 is 0.816. The van der Waals surface area contributed by atoms with Crippen molar-refractivity contribution in [1.82, 2.24) is 4.90 Å². The van der Waals surface area contributed by atoms with E-state index in [2.05, 4.69) is 15.9 Å². The number of benzene rings is 2. The van der Waals surface area contributed by atoms with Crippen molar-refractivity contribution in [2.24, 2.45) is 0 Å². The number of nitro groups is 1. The van der Waals surface area contributed by atoms with E-state index in [1.54, 1.807) is 18.2 Å². The number of aryl methyl sites for hydroxylation is 1. The molecule has 8 nitrogen and oxygen atoms in total. The third kappa shape index (κ3) is 3.68. The Balaban J connectivity index is 2.25. The number of nitrogens with zero attached hydrogens (tertiary/aromatic N) is 2. The minimum Gasteiger partial charge on any atom is -0.507 e. The Kier molecular flexibility index (Phi) is 5.93. The lowest BCUT2D eigenvalue weighted by atomic mass is 9.94. The fourth-order valence-corrected chi connectivity index (χ4v) is 3.75. The van der Waals surface area contributed by atoms with E-state index >= 15 is 0 Å². The maximum Gasteiger partial charge on any atom is 0.311 e. The van der Waals surface area contributed by atoms with Gasteiger partial charge in [0.15, 0.2) is 5.75 Å². The molecule has 1 aliphatic rings. The maximum absolute atomic E-state index is 12.8. The van der Waals surface area contributed by atoms with Gasteiger partial charge in [-0.2, -0.15) is 0 Å². The fraction of sp³-hybridized carbons (Fsp3) is 0.238. The minimum absolute atomic E-state index is 0.143. The highest BCUT2D eigenvalue weighted by Crippen LogP contribution is 2.41. The molecule has 1 aliphatic heterocycles. The van der Waals surface area contributed by atoms with Crippen LogP contribution in [0.5, 0.6) is 5.75 Å². The first-order valence-electron chi connectivity index (χ1n) is 9.19. The zero-order valence-corrected chi connectivity index (χ0v) is 17.8. The van der Waals surface area contributed by atoms with Gasteiger partial charge in [-0.05, 0) is 42.7 Å². The summed E-state index contributed by atoms with van der Waals surface area (Å²) >= 11 is 3.38. The highest BCUT2D eigenvalue weighted by molar-refractivity contribution is 9.10. The first-order valence-corrected chi connectivity index (χ1v) is 9.98. The van der Waals surface area contributed by atoms with Crippen molar-refractivity contribution in [2.45, 2.75) is 26.3 Å². The van der Waals surface area contributed by atoms with Crippen molar-refractivity contribution >= 4 is 39.1 Å². The van der Waals surface area contributed by atoms with Gasteiger partial charge in [0.2, 0.25) is 0 Å². The van der Waals surface area contributed by atoms with Crippen molar-refractivity contribution in [2.75, 3.05) is 6.54 Å². The van der Waals surface area contributed by atoms with Gasteiger partial charge in [0.25, 0.3) is 11.7 Å². The summed E-state index contributed by atoms with van der Waals surface area (Å²) in [5.74, 6) is -2.53. The van der Waals surface area contributed by atoms with Crippen molar-refractivity contribution in [1.29, 1.82) is 0 Å². The van der Waals surface area contributed by atoms with Crippen LogP contribution in [0.25, 0.3) is 5.76 Å². The van der Waals surface area contributed by atoms with E-state index in [1.165, 1.54) is 11.0 Å². The van der Waals surface area contributed by atoms with Crippen LogP contribution in [0.2, 0.25) is 0 Å². The second-order valence-corrected chi connectivity index (χ2v) is 7.82. The average Bonchev–Trinajstić information content (AvgIpc) is 2.95. The van der Waals surface area contributed by atoms with E-state index in [-0.39, 0.29) is 23.4 Å². The number of amides is 1. The van der Waals surface area contributed by atoms with Crippen molar-refractivity contribution < 1.29 is 24.7 Å². The van der Waals surface area contributed by atoms with Crippen molar-refractivity contribution in [3.05, 3.63) is 73.2 Å². The SMILES string of the molecule is CCCN1C(=O)C(=O)/C(=C(\O)c2ccc(Br)c(C)c2)C1c1ccc(O)c([N+](=O)[O-])c1. The maximum atomic E-state index is 12.8. The molecule has 0 bridgehead atoms. The van der Waals surface area contributed by atoms with Crippen LogP contribution in [0.1, 0.15) is 36.1 Å². The van der Waals surface area contributed by atoms with Crippen LogP contribution in [0, 0.1) is 17.0 Å². The molecule has 1 amide bonds. The number of rotatable bonds is 5. The first kappa shape index (κ1) is 21.5. The van der Waals surface area contributed by atoms with Gasteiger partial charge < -0.3 is 15.1 Å². The van der Waals surface area contributed by atoms with Crippen LogP contribution in [-0.2, 0) is 9.59 Å². The molecule has 2 aromatic carbocycles. The van der Waals surface area contributed by atoms with Gasteiger partial charge >= 0.3 is 5.69 Å². The molecule has 0 aromatic heterocycles. The molecule has 9 heteroatoms. The number of aliphatic hydroxyl groups excluding tert-OH is 1. The fourth-order valence-electron chi connectivity index (χ4n) is 3.50. The number of ketones is 1. The molecule has 156 valence electrons. The highest BCUT2D eigenvalue weighted by atomic mass is 79.9. The topological polar surface area (TPSA) is 121 Å². The van der Waals surface area contributed by atoms with Crippen molar-refractivity contribution in [3.8, 4) is 5.75 Å². The number of likely N-dealkylation sites (tertiary alicyclic amines) is 1. The third-order valence-corrected chi connectivity index (χ3v) is 5.84. The van der Waals surface area contributed by atoms with Gasteiger partial charge in [-0.25, -0.2) is 0 Å². The van der Waals surface area contributed by atoms with Gasteiger partial charge in [0, 0.05) is 22.6 Å². The van der Waals surface area contributed by atoms with Crippen LogP contribution in [0.15, 0.2) is 46.4 Å². The number of phenols is 1. The first-order chi connectivity index (χ1) is 14.2. The molecule has 30 heavy (non-hydrogen) atoms. The smallest absolute Gasteiger partial charge is 0.311 e. The van der Waals surface area contributed by atoms with E-state index in [0.29, 0.717) is 12.0 Å². The number of carbonyl (C=O) groups is 2. The Hall–Kier alpha value is -3.20. The number of nitro benzene ring substituents is 1. The van der Waals surface area contributed by atoms with E-state index in [1.807, 2.05) is 13.8 Å². The average molecular weight is 475 g/mol. The zero-order valence-electron chi connectivity index (χ0n) is 16.3. The molecule has 1 unspecified atom stereocenters. The standard InChI is InChI=1S/C21H19BrN2O6/c1-3-8-23-18(12-5-7-16(25)15(10-12)24(29)30)17(20(27)21(23)28)19(26)13-4-6-14(22)11(2)9-13/h4-7,9-10,18,25-26H,3,8H2,1-2H3/b19-17-. The lowest BCUT2D eigenvalue weighted by molar-refractivity contribution is -0.385. The quantitative estimate of drug-likeness (QED) is 0.220. The Bertz CT molecular complexity index is 1090. The summed E-state index contributed by atoms with van der Waals surface area (Å²) in [5, 5.41) is 32.0. The number of hydrogen-bond donors (Lipinski definition) is 2. The lowest BCUT2D eigenvalue weighted by Crippen LogP contribution is -2.30. The van der Waals surface area contributed by atoms with Crippen LogP contribution in [-0.4, -0.2) is 38.3 Å². The van der Waals surface area contributed by atoms with Crippen LogP contribution < -0.4 is 0 Å². The van der Waals surface area contributed by atoms with Gasteiger partial charge in [-0.15, -0.1) is 0 Å². The van der Waals surface area contributed by atoms with E-state index in [0.717, 1.165) is 22.2 Å². The molecule has 1 atom stereocenters. The molecule has 0 spiro atoms. The van der Waals surface area contributed by atoms with E-state index in [4.69, 9.17) is 0 Å². The summed E-state index contributed by atoms with van der Waals surface area (Å²) in [7, 11) is 0. The second kappa shape index (κ2) is 8.27. The predicted molar refractivity (Wildman–Crippen MR) is 113 cm³/mol. The van der Waals surface area contributed by atoms with Gasteiger partial charge in [0.05, 0.1) is 16.5 Å². The zero-order chi connectivity index (χ0) is 22.2. The molecule has 0 aliphatic carbocycles. The Morgan fingerprint density at radius 1 is 1.23 bits per heavy atom. The predicted octanol–water partition coefficient (Wildman–Crippen LogP) is 4.20. The van der Waals surface area contributed by atoms with Crippen LogP contribution in [0.4, 0.5) is 5.69 Å². The monoisotopic (exact) mass is 474 g/mol.